The topological polar surface area (TPSA) is 72.3 Å². The number of benzene rings is 1. The maximum atomic E-state index is 10.9. The first-order chi connectivity index (χ1) is 8.06. The summed E-state index contributed by atoms with van der Waals surface area (Å²) >= 11 is 0. The highest BCUT2D eigenvalue weighted by Gasteiger charge is 2.15. The van der Waals surface area contributed by atoms with Gasteiger partial charge in [0.1, 0.15) is 0 Å². The number of likely N-dealkylation sites (N-methyl/N-ethyl adjacent to an activating group) is 1. The quantitative estimate of drug-likeness (QED) is 0.773. The lowest BCUT2D eigenvalue weighted by Crippen LogP contribution is -2.38. The van der Waals surface area contributed by atoms with Crippen LogP contribution in [0.3, 0.4) is 0 Å². The summed E-state index contributed by atoms with van der Waals surface area (Å²) in [4.78, 5) is 13.2. The Labute approximate surface area is 102 Å². The van der Waals surface area contributed by atoms with Crippen molar-refractivity contribution < 1.29 is 4.79 Å². The zero-order valence-corrected chi connectivity index (χ0v) is 10.1. The molecule has 4 heteroatoms. The van der Waals surface area contributed by atoms with Crippen LogP contribution in [-0.2, 0) is 24.2 Å². The predicted octanol–water partition coefficient (Wildman–Crippen LogP) is 0.0296. The van der Waals surface area contributed by atoms with E-state index in [1.54, 1.807) is 0 Å². The van der Waals surface area contributed by atoms with E-state index < -0.39 is 11.9 Å². The number of hydrogen-bond donors (Lipinski definition) is 2. The molecule has 1 amide bonds. The van der Waals surface area contributed by atoms with E-state index in [0.717, 1.165) is 25.1 Å². The third-order valence-corrected chi connectivity index (χ3v) is 3.29. The van der Waals surface area contributed by atoms with E-state index in [2.05, 4.69) is 24.1 Å². The Morgan fingerprint density at radius 3 is 2.94 bits per heavy atom. The van der Waals surface area contributed by atoms with Gasteiger partial charge in [-0.05, 0) is 36.6 Å². The van der Waals surface area contributed by atoms with Crippen LogP contribution in [0.1, 0.15) is 16.7 Å². The van der Waals surface area contributed by atoms with E-state index in [4.69, 9.17) is 11.5 Å². The molecule has 1 heterocycles. The summed E-state index contributed by atoms with van der Waals surface area (Å²) in [5, 5.41) is 0. The molecular weight excluding hydrogens is 214 g/mol. The first-order valence-corrected chi connectivity index (χ1v) is 5.90. The molecule has 17 heavy (non-hydrogen) atoms. The van der Waals surface area contributed by atoms with Crippen molar-refractivity contribution in [1.82, 2.24) is 4.90 Å². The molecule has 4 N–H and O–H groups in total. The molecule has 0 bridgehead atoms. The summed E-state index contributed by atoms with van der Waals surface area (Å²) in [5.74, 6) is -0.442. The molecule has 0 unspecified atom stereocenters. The summed E-state index contributed by atoms with van der Waals surface area (Å²) in [6.07, 6.45) is 1.59. The molecule has 0 saturated heterocycles. The minimum atomic E-state index is -0.584. The molecule has 1 aliphatic rings. The lowest BCUT2D eigenvalue weighted by molar-refractivity contribution is -0.119. The minimum absolute atomic E-state index is 0.442. The van der Waals surface area contributed by atoms with Crippen LogP contribution in [0.2, 0.25) is 0 Å². The van der Waals surface area contributed by atoms with E-state index in [1.807, 2.05) is 6.07 Å². The third-order valence-electron chi connectivity index (χ3n) is 3.29. The Hall–Kier alpha value is -1.39. The normalized spacial score (nSPS) is 17.5. The number of rotatable bonds is 3. The van der Waals surface area contributed by atoms with Crippen molar-refractivity contribution in [2.45, 2.75) is 25.4 Å². The molecular formula is C13H19N3O. The van der Waals surface area contributed by atoms with Gasteiger partial charge in [-0.15, -0.1) is 0 Å². The Kier molecular flexibility index (Phi) is 3.45. The van der Waals surface area contributed by atoms with Crippen molar-refractivity contribution in [3.05, 3.63) is 34.9 Å². The van der Waals surface area contributed by atoms with Gasteiger partial charge in [0.05, 0.1) is 6.04 Å². The Morgan fingerprint density at radius 1 is 1.47 bits per heavy atom. The van der Waals surface area contributed by atoms with E-state index in [-0.39, 0.29) is 0 Å². The standard InChI is InChI=1S/C13H19N3O/c1-16-5-4-10-6-9(2-3-11(10)8-16)7-12(14)13(15)17/h2-3,6,12H,4-5,7-8,14H2,1H3,(H2,15,17)/t12-/m0/s1. The van der Waals surface area contributed by atoms with Crippen LogP contribution >= 0.6 is 0 Å². The highest BCUT2D eigenvalue weighted by Crippen LogP contribution is 2.19. The summed E-state index contributed by atoms with van der Waals surface area (Å²) in [5.41, 5.74) is 14.7. The van der Waals surface area contributed by atoms with Gasteiger partial charge in [-0.1, -0.05) is 18.2 Å². The van der Waals surface area contributed by atoms with Crippen molar-refractivity contribution in [1.29, 1.82) is 0 Å². The number of nitrogens with zero attached hydrogens (tertiary/aromatic N) is 1. The van der Waals surface area contributed by atoms with Crippen LogP contribution < -0.4 is 11.5 Å². The van der Waals surface area contributed by atoms with Crippen molar-refractivity contribution >= 4 is 5.91 Å². The van der Waals surface area contributed by atoms with Gasteiger partial charge in [-0.2, -0.15) is 0 Å². The van der Waals surface area contributed by atoms with Gasteiger partial charge >= 0.3 is 0 Å². The van der Waals surface area contributed by atoms with Crippen molar-refractivity contribution in [2.24, 2.45) is 11.5 Å². The molecule has 92 valence electrons. The molecule has 1 aromatic rings. The minimum Gasteiger partial charge on any atom is -0.368 e. The van der Waals surface area contributed by atoms with Gasteiger partial charge < -0.3 is 16.4 Å². The fourth-order valence-electron chi connectivity index (χ4n) is 2.23. The molecule has 4 nitrogen and oxygen atoms in total. The molecule has 1 atom stereocenters. The molecule has 0 aromatic heterocycles. The second kappa shape index (κ2) is 4.85. The highest BCUT2D eigenvalue weighted by atomic mass is 16.1. The number of carbonyl (C=O) groups excluding carboxylic acids is 1. The van der Waals surface area contributed by atoms with Gasteiger partial charge in [0.15, 0.2) is 0 Å². The van der Waals surface area contributed by atoms with Crippen LogP contribution in [0, 0.1) is 0 Å². The van der Waals surface area contributed by atoms with Crippen molar-refractivity contribution in [3.8, 4) is 0 Å². The number of fused-ring (bicyclic) bond motifs is 1. The average Bonchev–Trinajstić information content (AvgIpc) is 2.29. The Bertz CT molecular complexity index is 431. The molecule has 0 saturated carbocycles. The maximum absolute atomic E-state index is 10.9. The zero-order valence-electron chi connectivity index (χ0n) is 10.1. The summed E-state index contributed by atoms with van der Waals surface area (Å²) in [7, 11) is 2.12. The number of hydrogen-bond acceptors (Lipinski definition) is 3. The van der Waals surface area contributed by atoms with E-state index >= 15 is 0 Å². The van der Waals surface area contributed by atoms with Crippen LogP contribution in [0.25, 0.3) is 0 Å². The fraction of sp³-hybridized carbons (Fsp3) is 0.462. The maximum Gasteiger partial charge on any atom is 0.234 e. The lowest BCUT2D eigenvalue weighted by Gasteiger charge is -2.25. The van der Waals surface area contributed by atoms with Crippen LogP contribution in [0.5, 0.6) is 0 Å². The molecule has 0 aliphatic carbocycles. The monoisotopic (exact) mass is 233 g/mol. The third kappa shape index (κ3) is 2.84. The Morgan fingerprint density at radius 2 is 2.24 bits per heavy atom. The summed E-state index contributed by atoms with van der Waals surface area (Å²) < 4.78 is 0. The fourth-order valence-corrected chi connectivity index (χ4v) is 2.23. The van der Waals surface area contributed by atoms with Gasteiger partial charge in [-0.3, -0.25) is 4.79 Å². The molecule has 2 rings (SSSR count). The molecule has 0 radical (unpaired) electrons. The van der Waals surface area contributed by atoms with Gasteiger partial charge in [0.25, 0.3) is 0 Å². The average molecular weight is 233 g/mol. The first kappa shape index (κ1) is 12.1. The molecule has 0 spiro atoms. The first-order valence-electron chi connectivity index (χ1n) is 5.90. The lowest BCUT2D eigenvalue weighted by atomic mass is 9.95. The summed E-state index contributed by atoms with van der Waals surface area (Å²) in [6.45, 7) is 2.08. The van der Waals surface area contributed by atoms with Crippen LogP contribution in [-0.4, -0.2) is 30.4 Å². The smallest absolute Gasteiger partial charge is 0.234 e. The molecule has 1 aliphatic heterocycles. The Balaban J connectivity index is 2.14. The molecule has 1 aromatic carbocycles. The van der Waals surface area contributed by atoms with E-state index in [0.29, 0.717) is 6.42 Å². The largest absolute Gasteiger partial charge is 0.368 e. The summed E-state index contributed by atoms with van der Waals surface area (Å²) in [6, 6.07) is 5.75. The predicted molar refractivity (Wildman–Crippen MR) is 67.4 cm³/mol. The number of amides is 1. The van der Waals surface area contributed by atoms with Crippen molar-refractivity contribution in [3.63, 3.8) is 0 Å². The second-order valence-corrected chi connectivity index (χ2v) is 4.80. The SMILES string of the molecule is CN1CCc2cc(C[C@H](N)C(N)=O)ccc2C1. The van der Waals surface area contributed by atoms with Gasteiger partial charge in [-0.25, -0.2) is 0 Å². The number of primary amides is 1. The highest BCUT2D eigenvalue weighted by molar-refractivity contribution is 5.79. The van der Waals surface area contributed by atoms with Crippen LogP contribution in [0.15, 0.2) is 18.2 Å². The van der Waals surface area contributed by atoms with E-state index in [9.17, 15) is 4.79 Å². The van der Waals surface area contributed by atoms with Gasteiger partial charge in [0.2, 0.25) is 5.91 Å². The second-order valence-electron chi connectivity index (χ2n) is 4.80. The van der Waals surface area contributed by atoms with Crippen LogP contribution in [0.4, 0.5) is 0 Å². The molecule has 0 fully saturated rings. The van der Waals surface area contributed by atoms with Gasteiger partial charge in [0, 0.05) is 13.1 Å². The zero-order chi connectivity index (χ0) is 12.4. The van der Waals surface area contributed by atoms with Crippen molar-refractivity contribution in [2.75, 3.05) is 13.6 Å². The number of carbonyl (C=O) groups is 1. The van der Waals surface area contributed by atoms with E-state index in [1.165, 1.54) is 11.1 Å². The number of nitrogens with two attached hydrogens (primary N) is 2.